The first-order valence-corrected chi connectivity index (χ1v) is 8.10. The normalized spacial score (nSPS) is 14.8. The highest BCUT2D eigenvalue weighted by atomic mass is 35.5. The SMILES string of the molecule is O=C(O)c1cc2ccccc2n1-c1nc(Cl)nc(N2CCOCC2)n1. The predicted octanol–water partition coefficient (Wildman–Crippen LogP) is 2.00. The second-order valence-electron chi connectivity index (χ2n) is 5.53. The molecule has 0 unspecified atom stereocenters. The van der Waals surface area contributed by atoms with E-state index in [4.69, 9.17) is 16.3 Å². The molecular weight excluding hydrogens is 346 g/mol. The molecule has 0 saturated carbocycles. The van der Waals surface area contributed by atoms with Crippen LogP contribution < -0.4 is 4.90 Å². The lowest BCUT2D eigenvalue weighted by atomic mass is 10.2. The number of hydrogen-bond acceptors (Lipinski definition) is 6. The van der Waals surface area contributed by atoms with Gasteiger partial charge in [-0.15, -0.1) is 0 Å². The highest BCUT2D eigenvalue weighted by molar-refractivity contribution is 6.28. The van der Waals surface area contributed by atoms with Crippen LogP contribution in [0.25, 0.3) is 16.9 Å². The predicted molar refractivity (Wildman–Crippen MR) is 91.7 cm³/mol. The molecule has 1 aliphatic heterocycles. The molecule has 25 heavy (non-hydrogen) atoms. The molecule has 128 valence electrons. The summed E-state index contributed by atoms with van der Waals surface area (Å²) in [5, 5.41) is 10.4. The van der Waals surface area contributed by atoms with Gasteiger partial charge in [0, 0.05) is 18.5 Å². The second-order valence-corrected chi connectivity index (χ2v) is 5.87. The van der Waals surface area contributed by atoms with E-state index in [-0.39, 0.29) is 16.9 Å². The number of benzene rings is 1. The quantitative estimate of drug-likeness (QED) is 0.764. The molecule has 0 aliphatic carbocycles. The van der Waals surface area contributed by atoms with Gasteiger partial charge in [0.25, 0.3) is 0 Å². The van der Waals surface area contributed by atoms with Gasteiger partial charge in [0.1, 0.15) is 5.69 Å². The Hall–Kier alpha value is -2.71. The minimum Gasteiger partial charge on any atom is -0.477 e. The van der Waals surface area contributed by atoms with Crippen molar-refractivity contribution in [1.29, 1.82) is 0 Å². The number of morpholine rings is 1. The number of fused-ring (bicyclic) bond motifs is 1. The van der Waals surface area contributed by atoms with E-state index < -0.39 is 5.97 Å². The van der Waals surface area contributed by atoms with Gasteiger partial charge in [-0.05, 0) is 23.7 Å². The smallest absolute Gasteiger partial charge is 0.352 e. The van der Waals surface area contributed by atoms with Crippen LogP contribution in [0.2, 0.25) is 5.28 Å². The molecule has 8 nitrogen and oxygen atoms in total. The molecule has 3 aromatic rings. The van der Waals surface area contributed by atoms with E-state index in [1.54, 1.807) is 6.07 Å². The van der Waals surface area contributed by atoms with Crippen LogP contribution in [0, 0.1) is 0 Å². The lowest BCUT2D eigenvalue weighted by molar-refractivity contribution is 0.0688. The summed E-state index contributed by atoms with van der Waals surface area (Å²) < 4.78 is 6.81. The summed E-state index contributed by atoms with van der Waals surface area (Å²) in [7, 11) is 0. The average molecular weight is 360 g/mol. The lowest BCUT2D eigenvalue weighted by Gasteiger charge is -2.26. The molecule has 1 fully saturated rings. The van der Waals surface area contributed by atoms with Crippen LogP contribution in [0.3, 0.4) is 0 Å². The molecule has 1 aliphatic rings. The molecular formula is C16H14ClN5O3. The zero-order valence-electron chi connectivity index (χ0n) is 13.1. The topological polar surface area (TPSA) is 93.4 Å². The molecule has 0 spiro atoms. The number of ether oxygens (including phenoxy) is 1. The van der Waals surface area contributed by atoms with Crippen molar-refractivity contribution in [2.24, 2.45) is 0 Å². The number of nitrogens with zero attached hydrogens (tertiary/aromatic N) is 5. The maximum atomic E-state index is 11.7. The average Bonchev–Trinajstić information content (AvgIpc) is 3.02. The number of aromatic carboxylic acids is 1. The van der Waals surface area contributed by atoms with Crippen molar-refractivity contribution in [3.8, 4) is 5.95 Å². The highest BCUT2D eigenvalue weighted by Gasteiger charge is 2.21. The number of aromatic nitrogens is 4. The van der Waals surface area contributed by atoms with Gasteiger partial charge in [-0.25, -0.2) is 4.79 Å². The largest absolute Gasteiger partial charge is 0.477 e. The lowest BCUT2D eigenvalue weighted by Crippen LogP contribution is -2.37. The van der Waals surface area contributed by atoms with Crippen LogP contribution in [0.4, 0.5) is 5.95 Å². The monoisotopic (exact) mass is 359 g/mol. The van der Waals surface area contributed by atoms with E-state index >= 15 is 0 Å². The van der Waals surface area contributed by atoms with Crippen LogP contribution >= 0.6 is 11.6 Å². The molecule has 4 rings (SSSR count). The van der Waals surface area contributed by atoms with E-state index in [1.807, 2.05) is 29.2 Å². The number of hydrogen-bond donors (Lipinski definition) is 1. The third-order valence-corrected chi connectivity index (χ3v) is 4.18. The summed E-state index contributed by atoms with van der Waals surface area (Å²) in [4.78, 5) is 26.4. The van der Waals surface area contributed by atoms with Gasteiger partial charge in [0.15, 0.2) is 0 Å². The summed E-state index contributed by atoms with van der Waals surface area (Å²) in [6.45, 7) is 2.42. The third-order valence-electron chi connectivity index (χ3n) is 4.01. The second kappa shape index (κ2) is 6.30. The maximum Gasteiger partial charge on any atom is 0.352 e. The highest BCUT2D eigenvalue weighted by Crippen LogP contribution is 2.24. The molecule has 1 aromatic carbocycles. The van der Waals surface area contributed by atoms with Crippen molar-refractivity contribution in [3.63, 3.8) is 0 Å². The summed E-state index contributed by atoms with van der Waals surface area (Å²) >= 11 is 6.09. The minimum absolute atomic E-state index is 0.0145. The Bertz CT molecular complexity index is 952. The standard InChI is InChI=1S/C16H14ClN5O3/c17-14-18-15(21-5-7-25-8-6-21)20-16(19-14)22-11-4-2-1-3-10(11)9-12(22)13(23)24/h1-4,9H,5-8H2,(H,23,24). The first kappa shape index (κ1) is 15.8. The van der Waals surface area contributed by atoms with Crippen molar-refractivity contribution in [1.82, 2.24) is 19.5 Å². The Labute approximate surface area is 147 Å². The van der Waals surface area contributed by atoms with Gasteiger partial charge in [-0.1, -0.05) is 18.2 Å². The number of carbonyl (C=O) groups is 1. The minimum atomic E-state index is -1.07. The Morgan fingerprint density at radius 1 is 1.12 bits per heavy atom. The molecule has 0 atom stereocenters. The van der Waals surface area contributed by atoms with Crippen molar-refractivity contribution < 1.29 is 14.6 Å². The number of para-hydroxylation sites is 1. The Morgan fingerprint density at radius 2 is 1.84 bits per heavy atom. The van der Waals surface area contributed by atoms with E-state index in [0.717, 1.165) is 5.39 Å². The number of halogens is 1. The molecule has 1 N–H and O–H groups in total. The van der Waals surface area contributed by atoms with Crippen molar-refractivity contribution in [3.05, 3.63) is 41.3 Å². The van der Waals surface area contributed by atoms with Gasteiger partial charge in [-0.3, -0.25) is 4.57 Å². The number of carboxylic acid groups (broad SMARTS) is 1. The Kier molecular flexibility index (Phi) is 3.98. The van der Waals surface area contributed by atoms with E-state index in [9.17, 15) is 9.90 Å². The first-order valence-electron chi connectivity index (χ1n) is 7.72. The fourth-order valence-electron chi connectivity index (χ4n) is 2.86. The molecule has 0 radical (unpaired) electrons. The van der Waals surface area contributed by atoms with Gasteiger partial charge >= 0.3 is 5.97 Å². The van der Waals surface area contributed by atoms with Gasteiger partial charge < -0.3 is 14.7 Å². The number of carboxylic acids is 1. The van der Waals surface area contributed by atoms with Crippen molar-refractivity contribution >= 4 is 34.4 Å². The molecule has 1 saturated heterocycles. The fraction of sp³-hybridized carbons (Fsp3) is 0.250. The molecule has 0 bridgehead atoms. The zero-order valence-corrected chi connectivity index (χ0v) is 13.8. The van der Waals surface area contributed by atoms with Crippen LogP contribution in [0.1, 0.15) is 10.5 Å². The number of anilines is 1. The van der Waals surface area contributed by atoms with Crippen molar-refractivity contribution in [2.75, 3.05) is 31.2 Å². The van der Waals surface area contributed by atoms with Crippen LogP contribution in [-0.4, -0.2) is 56.9 Å². The van der Waals surface area contributed by atoms with Gasteiger partial charge in [-0.2, -0.15) is 15.0 Å². The van der Waals surface area contributed by atoms with Gasteiger partial charge in [0.2, 0.25) is 17.2 Å². The summed E-state index contributed by atoms with van der Waals surface area (Å²) in [5.41, 5.74) is 0.756. The van der Waals surface area contributed by atoms with E-state index in [0.29, 0.717) is 37.8 Å². The van der Waals surface area contributed by atoms with Crippen molar-refractivity contribution in [2.45, 2.75) is 0 Å². The van der Waals surface area contributed by atoms with E-state index in [2.05, 4.69) is 15.0 Å². The Morgan fingerprint density at radius 3 is 2.60 bits per heavy atom. The van der Waals surface area contributed by atoms with Gasteiger partial charge in [0.05, 0.1) is 18.7 Å². The zero-order chi connectivity index (χ0) is 17.4. The summed E-state index contributed by atoms with van der Waals surface area (Å²) in [6, 6.07) is 8.91. The number of rotatable bonds is 3. The molecule has 2 aromatic heterocycles. The van der Waals surface area contributed by atoms with Crippen LogP contribution in [-0.2, 0) is 4.74 Å². The van der Waals surface area contributed by atoms with Crippen LogP contribution in [0.15, 0.2) is 30.3 Å². The Balaban J connectivity index is 1.89. The summed E-state index contributed by atoms with van der Waals surface area (Å²) in [6.07, 6.45) is 0. The third kappa shape index (κ3) is 2.90. The summed E-state index contributed by atoms with van der Waals surface area (Å²) in [5.74, 6) is -0.479. The molecule has 3 heterocycles. The molecule has 9 heteroatoms. The molecule has 0 amide bonds. The maximum absolute atomic E-state index is 11.7. The first-order chi connectivity index (χ1) is 12.1. The van der Waals surface area contributed by atoms with Crippen LogP contribution in [0.5, 0.6) is 0 Å². The fourth-order valence-corrected chi connectivity index (χ4v) is 3.01. The van der Waals surface area contributed by atoms with E-state index in [1.165, 1.54) is 4.57 Å².